The van der Waals surface area contributed by atoms with E-state index in [4.69, 9.17) is 5.73 Å². The Morgan fingerprint density at radius 2 is 1.76 bits per heavy atom. The van der Waals surface area contributed by atoms with Crippen LogP contribution in [0.3, 0.4) is 0 Å². The first-order valence-electron chi connectivity index (χ1n) is 6.49. The molecule has 2 atom stereocenters. The van der Waals surface area contributed by atoms with Crippen LogP contribution in [0.2, 0.25) is 0 Å². The summed E-state index contributed by atoms with van der Waals surface area (Å²) in [7, 11) is 4.04. The SMILES string of the molecule is CCN(C(=O)CC(N)C(C)C)C(C)CN(C)C. The molecule has 0 aliphatic heterocycles. The summed E-state index contributed by atoms with van der Waals surface area (Å²) in [6.07, 6.45) is 0.448. The molecule has 4 nitrogen and oxygen atoms in total. The van der Waals surface area contributed by atoms with E-state index in [1.54, 1.807) is 0 Å². The van der Waals surface area contributed by atoms with Crippen molar-refractivity contribution in [3.63, 3.8) is 0 Å². The first kappa shape index (κ1) is 16.4. The van der Waals surface area contributed by atoms with Crippen molar-refractivity contribution in [2.45, 2.75) is 46.2 Å². The zero-order chi connectivity index (χ0) is 13.6. The Labute approximate surface area is 106 Å². The molecule has 0 bridgehead atoms. The van der Waals surface area contributed by atoms with Crippen LogP contribution in [0, 0.1) is 5.92 Å². The number of rotatable bonds is 7. The molecule has 2 unspecified atom stereocenters. The topological polar surface area (TPSA) is 49.6 Å². The summed E-state index contributed by atoms with van der Waals surface area (Å²) in [6.45, 7) is 9.84. The van der Waals surface area contributed by atoms with Gasteiger partial charge in [-0.2, -0.15) is 0 Å². The fourth-order valence-corrected chi connectivity index (χ4v) is 1.92. The van der Waals surface area contributed by atoms with Crippen molar-refractivity contribution < 1.29 is 4.79 Å². The summed E-state index contributed by atoms with van der Waals surface area (Å²) in [4.78, 5) is 16.2. The van der Waals surface area contributed by atoms with Gasteiger partial charge in [0.05, 0.1) is 0 Å². The van der Waals surface area contributed by atoms with Gasteiger partial charge in [-0.15, -0.1) is 0 Å². The fourth-order valence-electron chi connectivity index (χ4n) is 1.92. The van der Waals surface area contributed by atoms with Gasteiger partial charge in [-0.1, -0.05) is 13.8 Å². The van der Waals surface area contributed by atoms with Gasteiger partial charge in [0.2, 0.25) is 5.91 Å². The lowest BCUT2D eigenvalue weighted by Gasteiger charge is -2.31. The molecular formula is C13H29N3O. The molecular weight excluding hydrogens is 214 g/mol. The zero-order valence-corrected chi connectivity index (χ0v) is 12.2. The summed E-state index contributed by atoms with van der Waals surface area (Å²) in [5, 5.41) is 0. The molecule has 0 rings (SSSR count). The van der Waals surface area contributed by atoms with Crippen LogP contribution in [-0.2, 0) is 4.79 Å². The Kier molecular flexibility index (Phi) is 7.39. The molecule has 4 heteroatoms. The van der Waals surface area contributed by atoms with Crippen LogP contribution in [-0.4, -0.2) is 55.0 Å². The summed E-state index contributed by atoms with van der Waals surface area (Å²) >= 11 is 0. The molecule has 0 saturated carbocycles. The van der Waals surface area contributed by atoms with E-state index in [-0.39, 0.29) is 18.0 Å². The van der Waals surface area contributed by atoms with Gasteiger partial charge in [-0.05, 0) is 33.9 Å². The summed E-state index contributed by atoms with van der Waals surface area (Å²) in [6, 6.07) is 0.199. The Morgan fingerprint density at radius 1 is 1.24 bits per heavy atom. The van der Waals surface area contributed by atoms with E-state index in [0.29, 0.717) is 12.3 Å². The van der Waals surface area contributed by atoms with Crippen LogP contribution >= 0.6 is 0 Å². The van der Waals surface area contributed by atoms with Crippen LogP contribution < -0.4 is 5.73 Å². The first-order valence-corrected chi connectivity index (χ1v) is 6.49. The third kappa shape index (κ3) is 6.03. The number of nitrogens with two attached hydrogens (primary N) is 1. The molecule has 0 radical (unpaired) electrons. The van der Waals surface area contributed by atoms with Crippen LogP contribution in [0.25, 0.3) is 0 Å². The molecule has 2 N–H and O–H groups in total. The molecule has 0 aromatic carbocycles. The second-order valence-corrected chi connectivity index (χ2v) is 5.40. The van der Waals surface area contributed by atoms with E-state index < -0.39 is 0 Å². The average Bonchev–Trinajstić information content (AvgIpc) is 2.16. The van der Waals surface area contributed by atoms with E-state index in [1.807, 2.05) is 25.9 Å². The lowest BCUT2D eigenvalue weighted by molar-refractivity contribution is -0.133. The smallest absolute Gasteiger partial charge is 0.224 e. The molecule has 0 aromatic rings. The van der Waals surface area contributed by atoms with Gasteiger partial charge >= 0.3 is 0 Å². The zero-order valence-electron chi connectivity index (χ0n) is 12.2. The van der Waals surface area contributed by atoms with Crippen molar-refractivity contribution in [1.82, 2.24) is 9.80 Å². The number of carbonyl (C=O) groups is 1. The summed E-state index contributed by atoms with van der Waals surface area (Å²) < 4.78 is 0. The summed E-state index contributed by atoms with van der Waals surface area (Å²) in [5.41, 5.74) is 5.95. The second-order valence-electron chi connectivity index (χ2n) is 5.40. The summed E-state index contributed by atoms with van der Waals surface area (Å²) in [5.74, 6) is 0.518. The predicted molar refractivity (Wildman–Crippen MR) is 72.8 cm³/mol. The number of nitrogens with zero attached hydrogens (tertiary/aromatic N) is 2. The van der Waals surface area contributed by atoms with Gasteiger partial charge < -0.3 is 15.5 Å². The minimum atomic E-state index is -0.0388. The molecule has 0 aliphatic carbocycles. The highest BCUT2D eigenvalue weighted by Gasteiger charge is 2.21. The fraction of sp³-hybridized carbons (Fsp3) is 0.923. The monoisotopic (exact) mass is 243 g/mol. The van der Waals surface area contributed by atoms with Crippen molar-refractivity contribution >= 4 is 5.91 Å². The number of likely N-dealkylation sites (N-methyl/N-ethyl adjacent to an activating group) is 2. The maximum absolute atomic E-state index is 12.1. The van der Waals surface area contributed by atoms with Crippen LogP contribution in [0.5, 0.6) is 0 Å². The standard InChI is InChI=1S/C13H29N3O/c1-7-16(11(4)9-15(5)6)13(17)8-12(14)10(2)3/h10-12H,7-9,14H2,1-6H3. The second kappa shape index (κ2) is 7.67. The van der Waals surface area contributed by atoms with Crippen LogP contribution in [0.4, 0.5) is 0 Å². The lowest BCUT2D eigenvalue weighted by Crippen LogP contribution is -2.46. The molecule has 0 fully saturated rings. The highest BCUT2D eigenvalue weighted by molar-refractivity contribution is 5.77. The Balaban J connectivity index is 4.39. The quantitative estimate of drug-likeness (QED) is 0.730. The molecule has 0 spiro atoms. The predicted octanol–water partition coefficient (Wildman–Crippen LogP) is 1.16. The number of carbonyl (C=O) groups excluding carboxylic acids is 1. The third-order valence-electron chi connectivity index (χ3n) is 3.09. The number of amides is 1. The van der Waals surface area contributed by atoms with Crippen LogP contribution in [0.1, 0.15) is 34.1 Å². The maximum atomic E-state index is 12.1. The molecule has 0 aromatic heterocycles. The average molecular weight is 243 g/mol. The van der Waals surface area contributed by atoms with Gasteiger partial charge in [-0.3, -0.25) is 4.79 Å². The van der Waals surface area contributed by atoms with Gasteiger partial charge in [-0.25, -0.2) is 0 Å². The van der Waals surface area contributed by atoms with Gasteiger partial charge in [0.25, 0.3) is 0 Å². The van der Waals surface area contributed by atoms with Crippen molar-refractivity contribution in [1.29, 1.82) is 0 Å². The molecule has 1 amide bonds. The third-order valence-corrected chi connectivity index (χ3v) is 3.09. The Bertz CT molecular complexity index is 229. The minimum absolute atomic E-state index is 0.0388. The Morgan fingerprint density at radius 3 is 2.12 bits per heavy atom. The molecule has 0 saturated heterocycles. The van der Waals surface area contributed by atoms with Crippen LogP contribution in [0.15, 0.2) is 0 Å². The van der Waals surface area contributed by atoms with Gasteiger partial charge in [0, 0.05) is 31.6 Å². The maximum Gasteiger partial charge on any atom is 0.224 e. The Hall–Kier alpha value is -0.610. The van der Waals surface area contributed by atoms with E-state index in [1.165, 1.54) is 0 Å². The van der Waals surface area contributed by atoms with E-state index in [9.17, 15) is 4.79 Å². The van der Waals surface area contributed by atoms with E-state index >= 15 is 0 Å². The first-order chi connectivity index (χ1) is 7.79. The number of hydrogen-bond acceptors (Lipinski definition) is 3. The normalized spacial score (nSPS) is 15.1. The molecule has 0 heterocycles. The highest BCUT2D eigenvalue weighted by atomic mass is 16.2. The van der Waals surface area contributed by atoms with E-state index in [0.717, 1.165) is 13.1 Å². The van der Waals surface area contributed by atoms with Crippen molar-refractivity contribution in [3.05, 3.63) is 0 Å². The van der Waals surface area contributed by atoms with E-state index in [2.05, 4.69) is 25.7 Å². The van der Waals surface area contributed by atoms with Crippen molar-refractivity contribution in [3.8, 4) is 0 Å². The van der Waals surface area contributed by atoms with Gasteiger partial charge in [0.1, 0.15) is 0 Å². The van der Waals surface area contributed by atoms with Crippen molar-refractivity contribution in [2.75, 3.05) is 27.2 Å². The lowest BCUT2D eigenvalue weighted by atomic mass is 10.0. The van der Waals surface area contributed by atoms with Crippen molar-refractivity contribution in [2.24, 2.45) is 11.7 Å². The molecule has 0 aliphatic rings. The highest BCUT2D eigenvalue weighted by Crippen LogP contribution is 2.09. The molecule has 102 valence electrons. The molecule has 17 heavy (non-hydrogen) atoms. The largest absolute Gasteiger partial charge is 0.339 e. The number of hydrogen-bond donors (Lipinski definition) is 1. The van der Waals surface area contributed by atoms with Gasteiger partial charge in [0.15, 0.2) is 0 Å². The minimum Gasteiger partial charge on any atom is -0.339 e.